The number of hydrogen-bond acceptors (Lipinski definition) is 3. The molecule has 4 heteroatoms. The Labute approximate surface area is 183 Å². The standard InChI is InChI=1S/C27H28N4/c1-30-13-5-8-23(30)17-22-14-21-15-24(10-12-25(21)29-22)31-18-28-26-11-9-20(16-27(26)31)19-6-3-2-4-7-19/h2-4,6-7,9-12,14-16,23,28-29H,5,8,13,17-18H2,1H3. The van der Waals surface area contributed by atoms with Crippen LogP contribution in [0.3, 0.4) is 0 Å². The fraction of sp³-hybridized carbons (Fsp3) is 0.259. The predicted octanol–water partition coefficient (Wildman–Crippen LogP) is 5.99. The highest BCUT2D eigenvalue weighted by atomic mass is 15.3. The Morgan fingerprint density at radius 3 is 2.68 bits per heavy atom. The Morgan fingerprint density at radius 1 is 0.935 bits per heavy atom. The van der Waals surface area contributed by atoms with E-state index in [4.69, 9.17) is 0 Å². The molecular formula is C27H28N4. The monoisotopic (exact) mass is 408 g/mol. The van der Waals surface area contributed by atoms with E-state index in [1.165, 1.54) is 64.2 Å². The van der Waals surface area contributed by atoms with Crippen molar-refractivity contribution in [2.45, 2.75) is 25.3 Å². The van der Waals surface area contributed by atoms with Crippen LogP contribution >= 0.6 is 0 Å². The van der Waals surface area contributed by atoms with E-state index >= 15 is 0 Å². The normalized spacial score (nSPS) is 18.5. The Kier molecular flexibility index (Phi) is 4.46. The lowest BCUT2D eigenvalue weighted by Crippen LogP contribution is -2.26. The van der Waals surface area contributed by atoms with Crippen molar-refractivity contribution in [2.75, 3.05) is 30.5 Å². The maximum absolute atomic E-state index is 3.65. The van der Waals surface area contributed by atoms with Crippen LogP contribution in [0.25, 0.3) is 22.0 Å². The first-order valence-corrected chi connectivity index (χ1v) is 11.3. The highest BCUT2D eigenvalue weighted by Gasteiger charge is 2.23. The molecule has 0 amide bonds. The van der Waals surface area contributed by atoms with Crippen LogP contribution in [0.15, 0.2) is 72.8 Å². The SMILES string of the molecule is CN1CCCC1Cc1cc2cc(N3CNc4ccc(-c5ccccc5)cc43)ccc2[nH]1. The fourth-order valence-electron chi connectivity index (χ4n) is 5.14. The quantitative estimate of drug-likeness (QED) is 0.435. The molecule has 2 N–H and O–H groups in total. The summed E-state index contributed by atoms with van der Waals surface area (Å²) in [6, 6.07) is 27.1. The van der Waals surface area contributed by atoms with Gasteiger partial charge in [0.25, 0.3) is 0 Å². The van der Waals surface area contributed by atoms with Gasteiger partial charge in [-0.2, -0.15) is 0 Å². The number of likely N-dealkylation sites (tertiary alicyclic amines) is 1. The van der Waals surface area contributed by atoms with Gasteiger partial charge in [-0.3, -0.25) is 0 Å². The second-order valence-corrected chi connectivity index (χ2v) is 8.91. The summed E-state index contributed by atoms with van der Waals surface area (Å²) in [6.45, 7) is 2.02. The molecule has 0 spiro atoms. The van der Waals surface area contributed by atoms with E-state index in [0.29, 0.717) is 6.04 Å². The number of nitrogens with zero attached hydrogens (tertiary/aromatic N) is 2. The number of anilines is 3. The first-order chi connectivity index (χ1) is 15.2. The minimum atomic E-state index is 0.665. The summed E-state index contributed by atoms with van der Waals surface area (Å²) in [5.41, 5.74) is 8.73. The third-order valence-electron chi connectivity index (χ3n) is 6.92. The number of aromatic amines is 1. The Bertz CT molecular complexity index is 1230. The van der Waals surface area contributed by atoms with Gasteiger partial charge in [-0.25, -0.2) is 0 Å². The van der Waals surface area contributed by atoms with Crippen LogP contribution in [0, 0.1) is 0 Å². The van der Waals surface area contributed by atoms with E-state index in [2.05, 4.69) is 99.9 Å². The number of benzene rings is 3. The average molecular weight is 409 g/mol. The van der Waals surface area contributed by atoms with E-state index < -0.39 is 0 Å². The van der Waals surface area contributed by atoms with Gasteiger partial charge < -0.3 is 20.1 Å². The van der Waals surface area contributed by atoms with Crippen LogP contribution in [0.5, 0.6) is 0 Å². The second-order valence-electron chi connectivity index (χ2n) is 8.91. The van der Waals surface area contributed by atoms with E-state index in [-0.39, 0.29) is 0 Å². The van der Waals surface area contributed by atoms with Crippen molar-refractivity contribution in [3.63, 3.8) is 0 Å². The van der Waals surface area contributed by atoms with Crippen molar-refractivity contribution in [3.8, 4) is 11.1 Å². The minimum Gasteiger partial charge on any atom is -0.366 e. The topological polar surface area (TPSA) is 34.3 Å². The molecule has 6 rings (SSSR count). The Morgan fingerprint density at radius 2 is 1.84 bits per heavy atom. The second kappa shape index (κ2) is 7.47. The summed E-state index contributed by atoms with van der Waals surface area (Å²) in [6.07, 6.45) is 3.73. The predicted molar refractivity (Wildman–Crippen MR) is 130 cm³/mol. The number of rotatable bonds is 4. The molecule has 2 aliphatic rings. The summed E-state index contributed by atoms with van der Waals surface area (Å²) in [7, 11) is 2.25. The first kappa shape index (κ1) is 18.5. The summed E-state index contributed by atoms with van der Waals surface area (Å²) in [5.74, 6) is 0. The fourth-order valence-corrected chi connectivity index (χ4v) is 5.14. The molecule has 4 aromatic rings. The van der Waals surface area contributed by atoms with Crippen LogP contribution in [-0.4, -0.2) is 36.2 Å². The van der Waals surface area contributed by atoms with Crippen molar-refractivity contribution in [3.05, 3.63) is 78.5 Å². The van der Waals surface area contributed by atoms with Crippen LogP contribution in [0.2, 0.25) is 0 Å². The number of fused-ring (bicyclic) bond motifs is 2. The van der Waals surface area contributed by atoms with Gasteiger partial charge >= 0.3 is 0 Å². The molecule has 0 bridgehead atoms. The Balaban J connectivity index is 1.31. The molecule has 1 aromatic heterocycles. The number of hydrogen-bond donors (Lipinski definition) is 2. The van der Waals surface area contributed by atoms with Crippen molar-refractivity contribution in [1.29, 1.82) is 0 Å². The number of nitrogens with one attached hydrogen (secondary N) is 2. The maximum atomic E-state index is 3.65. The van der Waals surface area contributed by atoms with E-state index in [0.717, 1.165) is 13.1 Å². The lowest BCUT2D eigenvalue weighted by molar-refractivity contribution is 0.308. The van der Waals surface area contributed by atoms with Crippen molar-refractivity contribution in [2.24, 2.45) is 0 Å². The first-order valence-electron chi connectivity index (χ1n) is 11.3. The van der Waals surface area contributed by atoms with Gasteiger partial charge in [0.05, 0.1) is 18.0 Å². The van der Waals surface area contributed by atoms with Gasteiger partial charge in [0.15, 0.2) is 0 Å². The largest absolute Gasteiger partial charge is 0.366 e. The molecule has 0 radical (unpaired) electrons. The van der Waals surface area contributed by atoms with Gasteiger partial charge in [-0.05, 0) is 74.0 Å². The molecule has 1 unspecified atom stereocenters. The van der Waals surface area contributed by atoms with Crippen LogP contribution in [0.4, 0.5) is 17.1 Å². The molecular weight excluding hydrogens is 380 g/mol. The van der Waals surface area contributed by atoms with E-state index in [9.17, 15) is 0 Å². The molecule has 156 valence electrons. The van der Waals surface area contributed by atoms with Gasteiger partial charge in [0, 0.05) is 34.7 Å². The molecule has 31 heavy (non-hydrogen) atoms. The third kappa shape index (κ3) is 3.37. The van der Waals surface area contributed by atoms with Gasteiger partial charge in [0.2, 0.25) is 0 Å². The maximum Gasteiger partial charge on any atom is 0.0926 e. The molecule has 0 aliphatic carbocycles. The zero-order chi connectivity index (χ0) is 20.8. The van der Waals surface area contributed by atoms with Crippen LogP contribution < -0.4 is 10.2 Å². The summed E-state index contributed by atoms with van der Waals surface area (Å²) in [4.78, 5) is 8.52. The Hall–Kier alpha value is -3.24. The highest BCUT2D eigenvalue weighted by molar-refractivity contribution is 5.90. The molecule has 1 fully saturated rings. The third-order valence-corrected chi connectivity index (χ3v) is 6.92. The smallest absolute Gasteiger partial charge is 0.0926 e. The van der Waals surface area contributed by atoms with Gasteiger partial charge in [-0.15, -0.1) is 0 Å². The van der Waals surface area contributed by atoms with Crippen molar-refractivity contribution in [1.82, 2.24) is 9.88 Å². The minimum absolute atomic E-state index is 0.665. The van der Waals surface area contributed by atoms with Gasteiger partial charge in [-0.1, -0.05) is 36.4 Å². The van der Waals surface area contributed by atoms with Crippen molar-refractivity contribution >= 4 is 28.0 Å². The molecule has 4 nitrogen and oxygen atoms in total. The molecule has 3 aromatic carbocycles. The summed E-state index contributed by atoms with van der Waals surface area (Å²) < 4.78 is 0. The van der Waals surface area contributed by atoms with Crippen LogP contribution in [-0.2, 0) is 6.42 Å². The lowest BCUT2D eigenvalue weighted by atomic mass is 10.0. The van der Waals surface area contributed by atoms with Gasteiger partial charge in [0.1, 0.15) is 0 Å². The molecule has 0 saturated carbocycles. The zero-order valence-electron chi connectivity index (χ0n) is 17.9. The van der Waals surface area contributed by atoms with Crippen LogP contribution in [0.1, 0.15) is 18.5 Å². The van der Waals surface area contributed by atoms with Crippen molar-refractivity contribution < 1.29 is 0 Å². The lowest BCUT2D eigenvalue weighted by Gasteiger charge is -2.19. The van der Waals surface area contributed by atoms with E-state index in [1.807, 2.05) is 0 Å². The number of H-pyrrole nitrogens is 1. The summed E-state index contributed by atoms with van der Waals surface area (Å²) in [5, 5.41) is 4.84. The average Bonchev–Trinajstić information content (AvgIpc) is 3.52. The summed E-state index contributed by atoms with van der Waals surface area (Å²) >= 11 is 0. The zero-order valence-corrected chi connectivity index (χ0v) is 17.9. The molecule has 1 saturated heterocycles. The molecule has 2 aliphatic heterocycles. The number of aromatic nitrogens is 1. The number of likely N-dealkylation sites (N-methyl/N-ethyl adjacent to an activating group) is 1. The highest BCUT2D eigenvalue weighted by Crippen LogP contribution is 2.40. The van der Waals surface area contributed by atoms with E-state index in [1.54, 1.807) is 0 Å². The molecule has 1 atom stereocenters. The molecule has 3 heterocycles.